The molecule has 0 aliphatic rings. The van der Waals surface area contributed by atoms with Crippen LogP contribution < -0.4 is 0 Å². The largest absolute Gasteiger partial charge is 0.466 e. The molecule has 0 aromatic heterocycles. The second kappa shape index (κ2) is 34.4. The van der Waals surface area contributed by atoms with Crippen LogP contribution in [0.5, 0.6) is 0 Å². The number of ether oxygens (including phenoxy) is 2. The minimum absolute atomic E-state index is 0.00911. The number of unbranched alkanes of at least 4 members (excludes halogenated alkanes) is 9. The van der Waals surface area contributed by atoms with E-state index in [1.807, 2.05) is 0 Å². The molecular weight excluding hydrogens is 645 g/mol. The van der Waals surface area contributed by atoms with Crippen LogP contribution in [0.25, 0.3) is 0 Å². The van der Waals surface area contributed by atoms with Gasteiger partial charge in [-0.15, -0.1) is 0 Å². The zero-order chi connectivity index (χ0) is 39.0. The van der Waals surface area contributed by atoms with Gasteiger partial charge in [-0.1, -0.05) is 107 Å². The predicted octanol–water partition coefficient (Wildman–Crippen LogP) is 12.4. The first kappa shape index (κ1) is 50.9. The standard InChI is InChI=1S/C46H92N2O4/c1-39(2)29-31-43(41(5)6)25-23-37-51-45(49)27-17-13-11-15-19-34-48(36-22-21-33-47(9)10)35-20-16-12-14-18-28-46(50)52-38-24-26-44(42(7)8)32-30-40(3)4/h39-44H,11-38H2,1-10H3. The zero-order valence-electron chi connectivity index (χ0n) is 36.8. The van der Waals surface area contributed by atoms with Crippen molar-refractivity contribution in [3.63, 3.8) is 0 Å². The lowest BCUT2D eigenvalue weighted by Crippen LogP contribution is -2.28. The normalized spacial score (nSPS) is 13.3. The molecule has 0 saturated heterocycles. The van der Waals surface area contributed by atoms with Crippen LogP contribution in [0.1, 0.15) is 197 Å². The number of hydrogen-bond acceptors (Lipinski definition) is 6. The van der Waals surface area contributed by atoms with Crippen molar-refractivity contribution in [3.8, 4) is 0 Å². The highest BCUT2D eigenvalue weighted by Crippen LogP contribution is 2.26. The van der Waals surface area contributed by atoms with Gasteiger partial charge in [-0.25, -0.2) is 0 Å². The molecule has 0 radical (unpaired) electrons. The lowest BCUT2D eigenvalue weighted by molar-refractivity contribution is -0.144. The van der Waals surface area contributed by atoms with E-state index in [-0.39, 0.29) is 11.9 Å². The van der Waals surface area contributed by atoms with Crippen molar-refractivity contribution >= 4 is 11.9 Å². The van der Waals surface area contributed by atoms with Crippen LogP contribution >= 0.6 is 0 Å². The highest BCUT2D eigenvalue weighted by Gasteiger charge is 2.16. The van der Waals surface area contributed by atoms with Gasteiger partial charge in [0.05, 0.1) is 13.2 Å². The first-order valence-electron chi connectivity index (χ1n) is 22.5. The van der Waals surface area contributed by atoms with Crippen LogP contribution in [0.2, 0.25) is 0 Å². The lowest BCUT2D eigenvalue weighted by Gasteiger charge is -2.23. The monoisotopic (exact) mass is 737 g/mol. The van der Waals surface area contributed by atoms with Crippen LogP contribution in [-0.2, 0) is 19.1 Å². The van der Waals surface area contributed by atoms with Gasteiger partial charge in [-0.3, -0.25) is 9.59 Å². The van der Waals surface area contributed by atoms with Gasteiger partial charge in [0, 0.05) is 12.8 Å². The molecule has 0 aromatic carbocycles. The summed E-state index contributed by atoms with van der Waals surface area (Å²) >= 11 is 0. The Morgan fingerprint density at radius 3 is 1.13 bits per heavy atom. The van der Waals surface area contributed by atoms with Gasteiger partial charge in [0.1, 0.15) is 0 Å². The molecular formula is C46H92N2O4. The highest BCUT2D eigenvalue weighted by atomic mass is 16.5. The number of nitrogens with zero attached hydrogens (tertiary/aromatic N) is 2. The van der Waals surface area contributed by atoms with Crippen LogP contribution in [0.4, 0.5) is 0 Å². The topological polar surface area (TPSA) is 59.1 Å². The maximum absolute atomic E-state index is 12.3. The molecule has 0 N–H and O–H groups in total. The molecule has 0 aliphatic carbocycles. The molecule has 0 fully saturated rings. The summed E-state index contributed by atoms with van der Waals surface area (Å²) in [5.74, 6) is 4.39. The van der Waals surface area contributed by atoms with E-state index in [4.69, 9.17) is 9.47 Å². The van der Waals surface area contributed by atoms with E-state index in [1.165, 1.54) is 110 Å². The first-order valence-corrected chi connectivity index (χ1v) is 22.5. The minimum atomic E-state index is -0.00911. The number of esters is 2. The van der Waals surface area contributed by atoms with E-state index in [0.717, 1.165) is 68.7 Å². The Hall–Kier alpha value is -1.14. The van der Waals surface area contributed by atoms with E-state index < -0.39 is 0 Å². The second-order valence-electron chi connectivity index (χ2n) is 18.1. The van der Waals surface area contributed by atoms with Crippen molar-refractivity contribution in [1.82, 2.24) is 9.80 Å². The number of carbonyl (C=O) groups excluding carboxylic acids is 2. The van der Waals surface area contributed by atoms with E-state index in [2.05, 4.69) is 79.3 Å². The zero-order valence-corrected chi connectivity index (χ0v) is 36.8. The van der Waals surface area contributed by atoms with E-state index in [0.29, 0.717) is 37.9 Å². The Labute approximate surface area is 325 Å². The summed E-state index contributed by atoms with van der Waals surface area (Å²) in [5.41, 5.74) is 0. The van der Waals surface area contributed by atoms with Gasteiger partial charge in [0.25, 0.3) is 0 Å². The molecule has 2 atom stereocenters. The molecule has 6 heteroatoms. The second-order valence-corrected chi connectivity index (χ2v) is 18.1. The molecule has 0 heterocycles. The molecule has 0 rings (SSSR count). The van der Waals surface area contributed by atoms with Crippen molar-refractivity contribution in [3.05, 3.63) is 0 Å². The molecule has 0 amide bonds. The quantitative estimate of drug-likeness (QED) is 0.0467. The van der Waals surface area contributed by atoms with Crippen LogP contribution in [-0.4, -0.2) is 75.2 Å². The van der Waals surface area contributed by atoms with Crippen molar-refractivity contribution in [2.45, 2.75) is 197 Å². The summed E-state index contributed by atoms with van der Waals surface area (Å²) in [7, 11) is 4.32. The molecule has 0 saturated carbocycles. The van der Waals surface area contributed by atoms with E-state index >= 15 is 0 Å². The fraction of sp³-hybridized carbons (Fsp3) is 0.957. The average Bonchev–Trinajstić information content (AvgIpc) is 3.07. The first-order chi connectivity index (χ1) is 24.8. The van der Waals surface area contributed by atoms with Gasteiger partial charge < -0.3 is 19.3 Å². The maximum Gasteiger partial charge on any atom is 0.305 e. The number of rotatable bonds is 37. The highest BCUT2D eigenvalue weighted by molar-refractivity contribution is 5.69. The van der Waals surface area contributed by atoms with Gasteiger partial charge in [-0.2, -0.15) is 0 Å². The van der Waals surface area contributed by atoms with Crippen molar-refractivity contribution < 1.29 is 19.1 Å². The average molecular weight is 737 g/mol. The van der Waals surface area contributed by atoms with Gasteiger partial charge in [0.15, 0.2) is 0 Å². The van der Waals surface area contributed by atoms with E-state index in [9.17, 15) is 9.59 Å². The fourth-order valence-electron chi connectivity index (χ4n) is 7.29. The molecule has 2 unspecified atom stereocenters. The maximum atomic E-state index is 12.3. The molecule has 0 bridgehead atoms. The van der Waals surface area contributed by atoms with Crippen LogP contribution in [0, 0.1) is 35.5 Å². The summed E-state index contributed by atoms with van der Waals surface area (Å²) in [6.07, 6.45) is 24.6. The summed E-state index contributed by atoms with van der Waals surface area (Å²) in [6.45, 7) is 24.4. The molecule has 0 aromatic rings. The molecule has 52 heavy (non-hydrogen) atoms. The Morgan fingerprint density at radius 2 is 0.769 bits per heavy atom. The molecule has 310 valence electrons. The lowest BCUT2D eigenvalue weighted by atomic mass is 9.85. The van der Waals surface area contributed by atoms with Crippen LogP contribution in [0.15, 0.2) is 0 Å². The van der Waals surface area contributed by atoms with Gasteiger partial charge in [0.2, 0.25) is 0 Å². The smallest absolute Gasteiger partial charge is 0.305 e. The van der Waals surface area contributed by atoms with Crippen molar-refractivity contribution in [1.29, 1.82) is 0 Å². The fourth-order valence-corrected chi connectivity index (χ4v) is 7.29. The van der Waals surface area contributed by atoms with Crippen molar-refractivity contribution in [2.75, 3.05) is 53.5 Å². The van der Waals surface area contributed by atoms with Crippen molar-refractivity contribution in [2.24, 2.45) is 35.5 Å². The third kappa shape index (κ3) is 33.4. The van der Waals surface area contributed by atoms with Gasteiger partial charge >= 0.3 is 11.9 Å². The Balaban J connectivity index is 4.10. The van der Waals surface area contributed by atoms with E-state index in [1.54, 1.807) is 0 Å². The Kier molecular flexibility index (Phi) is 33.6. The SMILES string of the molecule is CC(C)CCC(CCCOC(=O)CCCCCCCN(CCCCCCCC(=O)OCCCC(CCC(C)C)C(C)C)CCCCN(C)C)C(C)C. The summed E-state index contributed by atoms with van der Waals surface area (Å²) in [6, 6.07) is 0. The third-order valence-corrected chi connectivity index (χ3v) is 11.1. The Morgan fingerprint density at radius 1 is 0.423 bits per heavy atom. The third-order valence-electron chi connectivity index (χ3n) is 11.1. The predicted molar refractivity (Wildman–Crippen MR) is 225 cm³/mol. The summed E-state index contributed by atoms with van der Waals surface area (Å²) in [5, 5.41) is 0. The molecule has 0 aliphatic heterocycles. The summed E-state index contributed by atoms with van der Waals surface area (Å²) in [4.78, 5) is 29.5. The minimum Gasteiger partial charge on any atom is -0.466 e. The number of carbonyl (C=O) groups is 2. The van der Waals surface area contributed by atoms with Crippen LogP contribution in [0.3, 0.4) is 0 Å². The summed E-state index contributed by atoms with van der Waals surface area (Å²) < 4.78 is 11.1. The molecule has 6 nitrogen and oxygen atoms in total. The number of hydrogen-bond donors (Lipinski definition) is 0. The Bertz CT molecular complexity index is 754. The van der Waals surface area contributed by atoms with Gasteiger partial charge in [-0.05, 0) is 153 Å². The molecule has 0 spiro atoms.